The Labute approximate surface area is 89.2 Å². The van der Waals surface area contributed by atoms with Crippen molar-refractivity contribution >= 4 is 0 Å². The lowest BCUT2D eigenvalue weighted by Gasteiger charge is -2.10. The highest BCUT2D eigenvalue weighted by molar-refractivity contribution is 4.61. The molecule has 0 amide bonds. The van der Waals surface area contributed by atoms with Crippen LogP contribution in [0.2, 0.25) is 0 Å². The van der Waals surface area contributed by atoms with E-state index in [1.54, 1.807) is 7.11 Å². The lowest BCUT2D eigenvalue weighted by atomic mass is 10.0. The van der Waals surface area contributed by atoms with Gasteiger partial charge in [-0.25, -0.2) is 0 Å². The topological polar surface area (TPSA) is 35.2 Å². The Hall–Kier alpha value is -0.0800. The summed E-state index contributed by atoms with van der Waals surface area (Å²) in [5.41, 5.74) is 5.97. The Kier molecular flexibility index (Phi) is 10.9. The Morgan fingerprint density at radius 1 is 1.00 bits per heavy atom. The molecule has 0 spiro atoms. The zero-order valence-corrected chi connectivity index (χ0v) is 9.93. The van der Waals surface area contributed by atoms with Gasteiger partial charge in [-0.2, -0.15) is 0 Å². The number of methoxy groups -OCH3 is 1. The highest BCUT2D eigenvalue weighted by Crippen LogP contribution is 2.08. The predicted octanol–water partition coefficient (Wildman–Crippen LogP) is 3.10. The average molecular weight is 201 g/mol. The third kappa shape index (κ3) is 10.0. The summed E-state index contributed by atoms with van der Waals surface area (Å²) < 4.78 is 4.99. The molecule has 2 nitrogen and oxygen atoms in total. The molecule has 0 heterocycles. The molecule has 14 heavy (non-hydrogen) atoms. The van der Waals surface area contributed by atoms with Gasteiger partial charge < -0.3 is 10.5 Å². The predicted molar refractivity (Wildman–Crippen MR) is 62.5 cm³/mol. The van der Waals surface area contributed by atoms with Crippen LogP contribution in [-0.2, 0) is 4.74 Å². The average Bonchev–Trinajstić information content (AvgIpc) is 2.18. The van der Waals surface area contributed by atoms with Crippen LogP contribution in [0.5, 0.6) is 0 Å². The van der Waals surface area contributed by atoms with Crippen molar-refractivity contribution in [1.82, 2.24) is 0 Å². The van der Waals surface area contributed by atoms with E-state index < -0.39 is 0 Å². The number of ether oxygens (including phenoxy) is 1. The van der Waals surface area contributed by atoms with Crippen LogP contribution in [0.25, 0.3) is 0 Å². The molecule has 0 aromatic carbocycles. The molecule has 0 aromatic heterocycles. The van der Waals surface area contributed by atoms with Gasteiger partial charge in [0.25, 0.3) is 0 Å². The first-order chi connectivity index (χ1) is 6.81. The van der Waals surface area contributed by atoms with E-state index in [-0.39, 0.29) is 0 Å². The van der Waals surface area contributed by atoms with Crippen molar-refractivity contribution in [3.8, 4) is 0 Å². The first-order valence-corrected chi connectivity index (χ1v) is 6.05. The fraction of sp³-hybridized carbons (Fsp3) is 1.00. The number of hydrogen-bond acceptors (Lipinski definition) is 2. The zero-order valence-electron chi connectivity index (χ0n) is 9.93. The van der Waals surface area contributed by atoms with Gasteiger partial charge in [-0.3, -0.25) is 0 Å². The Balaban J connectivity index is 3.06. The summed E-state index contributed by atoms with van der Waals surface area (Å²) in [7, 11) is 1.75. The lowest BCUT2D eigenvalue weighted by molar-refractivity contribution is 0.190. The monoisotopic (exact) mass is 201 g/mol. The van der Waals surface area contributed by atoms with Crippen LogP contribution >= 0.6 is 0 Å². The van der Waals surface area contributed by atoms with Crippen LogP contribution in [0, 0.1) is 0 Å². The molecule has 0 radical (unpaired) electrons. The Morgan fingerprint density at radius 2 is 1.64 bits per heavy atom. The summed E-state index contributed by atoms with van der Waals surface area (Å²) >= 11 is 0. The van der Waals surface area contributed by atoms with Crippen LogP contribution in [0.4, 0.5) is 0 Å². The van der Waals surface area contributed by atoms with E-state index in [2.05, 4.69) is 6.92 Å². The number of unbranched alkanes of at least 4 members (excludes halogenated alkanes) is 4. The van der Waals surface area contributed by atoms with Crippen molar-refractivity contribution in [3.05, 3.63) is 0 Å². The van der Waals surface area contributed by atoms with Crippen molar-refractivity contribution in [2.75, 3.05) is 13.7 Å². The van der Waals surface area contributed by atoms with Gasteiger partial charge in [0.15, 0.2) is 0 Å². The van der Waals surface area contributed by atoms with Crippen LogP contribution in [0.3, 0.4) is 0 Å². The summed E-state index contributed by atoms with van der Waals surface area (Å²) in [5, 5.41) is 0. The largest absolute Gasteiger partial charge is 0.385 e. The van der Waals surface area contributed by atoms with Crippen LogP contribution in [0.15, 0.2) is 0 Å². The molecule has 0 bridgehead atoms. The second-order valence-electron chi connectivity index (χ2n) is 4.10. The molecule has 2 N–H and O–H groups in total. The van der Waals surface area contributed by atoms with Crippen molar-refractivity contribution < 1.29 is 4.74 Å². The maximum atomic E-state index is 5.97. The van der Waals surface area contributed by atoms with Crippen molar-refractivity contribution in [2.45, 2.75) is 64.3 Å². The molecule has 0 aliphatic carbocycles. The molecule has 0 saturated heterocycles. The molecule has 1 atom stereocenters. The van der Waals surface area contributed by atoms with E-state index in [9.17, 15) is 0 Å². The maximum Gasteiger partial charge on any atom is 0.0462 e. The van der Waals surface area contributed by atoms with Gasteiger partial charge in [0, 0.05) is 19.8 Å². The zero-order chi connectivity index (χ0) is 10.6. The summed E-state index contributed by atoms with van der Waals surface area (Å²) in [4.78, 5) is 0. The molecule has 0 aromatic rings. The summed E-state index contributed by atoms with van der Waals surface area (Å²) in [6.07, 6.45) is 10.1. The normalized spacial score (nSPS) is 13.1. The van der Waals surface area contributed by atoms with E-state index in [1.807, 2.05) is 0 Å². The van der Waals surface area contributed by atoms with E-state index in [0.717, 1.165) is 19.4 Å². The Bertz CT molecular complexity index is 106. The third-order valence-electron chi connectivity index (χ3n) is 2.60. The quantitative estimate of drug-likeness (QED) is 0.551. The fourth-order valence-corrected chi connectivity index (χ4v) is 1.64. The standard InChI is InChI=1S/C12H27NO/c1-3-4-5-6-7-9-12(13)10-8-11-14-2/h12H,3-11,13H2,1-2H3. The molecule has 0 aliphatic heterocycles. The van der Waals surface area contributed by atoms with E-state index >= 15 is 0 Å². The Morgan fingerprint density at radius 3 is 2.29 bits per heavy atom. The summed E-state index contributed by atoms with van der Waals surface area (Å²) in [6.45, 7) is 3.10. The number of nitrogens with two attached hydrogens (primary N) is 1. The van der Waals surface area contributed by atoms with Gasteiger partial charge in [0.2, 0.25) is 0 Å². The molecule has 1 unspecified atom stereocenters. The van der Waals surface area contributed by atoms with Crippen molar-refractivity contribution in [3.63, 3.8) is 0 Å². The van der Waals surface area contributed by atoms with Gasteiger partial charge in [-0.15, -0.1) is 0 Å². The van der Waals surface area contributed by atoms with E-state index in [1.165, 1.54) is 38.5 Å². The van der Waals surface area contributed by atoms with E-state index in [4.69, 9.17) is 10.5 Å². The van der Waals surface area contributed by atoms with Gasteiger partial charge >= 0.3 is 0 Å². The smallest absolute Gasteiger partial charge is 0.0462 e. The van der Waals surface area contributed by atoms with Gasteiger partial charge in [0.1, 0.15) is 0 Å². The van der Waals surface area contributed by atoms with E-state index in [0.29, 0.717) is 6.04 Å². The SMILES string of the molecule is CCCCCCCC(N)CCCOC. The highest BCUT2D eigenvalue weighted by atomic mass is 16.5. The maximum absolute atomic E-state index is 5.97. The first-order valence-electron chi connectivity index (χ1n) is 6.05. The molecule has 0 rings (SSSR count). The van der Waals surface area contributed by atoms with Crippen LogP contribution < -0.4 is 5.73 Å². The van der Waals surface area contributed by atoms with Crippen molar-refractivity contribution in [2.24, 2.45) is 5.73 Å². The minimum atomic E-state index is 0.395. The summed E-state index contributed by atoms with van der Waals surface area (Å²) in [5.74, 6) is 0. The number of hydrogen-bond donors (Lipinski definition) is 1. The minimum absolute atomic E-state index is 0.395. The fourth-order valence-electron chi connectivity index (χ4n) is 1.64. The molecule has 0 fully saturated rings. The highest BCUT2D eigenvalue weighted by Gasteiger charge is 2.01. The molecule has 2 heteroatoms. The van der Waals surface area contributed by atoms with Crippen LogP contribution in [-0.4, -0.2) is 19.8 Å². The minimum Gasteiger partial charge on any atom is -0.385 e. The van der Waals surface area contributed by atoms with Gasteiger partial charge in [-0.1, -0.05) is 39.0 Å². The lowest BCUT2D eigenvalue weighted by Crippen LogP contribution is -2.20. The first kappa shape index (κ1) is 13.9. The van der Waals surface area contributed by atoms with Crippen molar-refractivity contribution in [1.29, 1.82) is 0 Å². The van der Waals surface area contributed by atoms with Gasteiger partial charge in [-0.05, 0) is 19.3 Å². The third-order valence-corrected chi connectivity index (χ3v) is 2.60. The van der Waals surface area contributed by atoms with Crippen LogP contribution in [0.1, 0.15) is 58.3 Å². The molecule has 0 saturated carbocycles. The molecule has 86 valence electrons. The number of rotatable bonds is 10. The summed E-state index contributed by atoms with van der Waals surface area (Å²) in [6, 6.07) is 0.395. The second-order valence-corrected chi connectivity index (χ2v) is 4.10. The molecular weight excluding hydrogens is 174 g/mol. The molecule has 0 aliphatic rings. The van der Waals surface area contributed by atoms with Gasteiger partial charge in [0.05, 0.1) is 0 Å². The second kappa shape index (κ2) is 11.0. The molecular formula is C12H27NO.